The Labute approximate surface area is 190 Å². The molecule has 1 heterocycles. The molecule has 1 aromatic heterocycles. The third kappa shape index (κ3) is 4.16. The van der Waals surface area contributed by atoms with Gasteiger partial charge in [-0.2, -0.15) is 5.10 Å². The van der Waals surface area contributed by atoms with Crippen molar-refractivity contribution in [3.05, 3.63) is 82.2 Å². The van der Waals surface area contributed by atoms with Crippen LogP contribution >= 0.6 is 0 Å². The zero-order valence-corrected chi connectivity index (χ0v) is 19.1. The summed E-state index contributed by atoms with van der Waals surface area (Å²) in [5.74, 6) is 0. The van der Waals surface area contributed by atoms with Crippen molar-refractivity contribution in [1.82, 2.24) is 14.7 Å². The number of carbonyl (C=O) groups is 1. The molecule has 2 aromatic carbocycles. The molecule has 2 amide bonds. The Morgan fingerprint density at radius 3 is 2.31 bits per heavy atom. The maximum absolute atomic E-state index is 13.6. The number of aryl methyl sites for hydroxylation is 2. The summed E-state index contributed by atoms with van der Waals surface area (Å²) in [5.41, 5.74) is 8.73. The molecule has 0 spiro atoms. The lowest BCUT2D eigenvalue weighted by Gasteiger charge is -2.25. The molecule has 3 aromatic rings. The Morgan fingerprint density at radius 1 is 1.00 bits per heavy atom. The number of fused-ring (bicyclic) bond motifs is 2. The number of amides is 2. The maximum atomic E-state index is 13.6. The molecular formula is C27H32N4O. The number of rotatable bonds is 6. The molecule has 0 saturated carbocycles. The zero-order valence-electron chi connectivity index (χ0n) is 19.1. The molecule has 5 heteroatoms. The third-order valence-electron chi connectivity index (χ3n) is 6.75. The van der Waals surface area contributed by atoms with Crippen LogP contribution in [0.15, 0.2) is 48.7 Å². The molecule has 2 aliphatic rings. The lowest BCUT2D eigenvalue weighted by Crippen LogP contribution is -2.35. The molecule has 1 N–H and O–H groups in total. The van der Waals surface area contributed by atoms with Gasteiger partial charge in [0.15, 0.2) is 0 Å². The minimum absolute atomic E-state index is 0.0395. The molecular weight excluding hydrogens is 396 g/mol. The van der Waals surface area contributed by atoms with Gasteiger partial charge < -0.3 is 10.2 Å². The predicted octanol–water partition coefficient (Wildman–Crippen LogP) is 5.68. The van der Waals surface area contributed by atoms with E-state index in [0.29, 0.717) is 19.1 Å². The number of hydrogen-bond donors (Lipinski definition) is 1. The van der Waals surface area contributed by atoms with Crippen LogP contribution in [0.5, 0.6) is 0 Å². The van der Waals surface area contributed by atoms with Gasteiger partial charge in [-0.05, 0) is 86.3 Å². The molecule has 0 radical (unpaired) electrons. The highest BCUT2D eigenvalue weighted by atomic mass is 16.2. The molecule has 166 valence electrons. The van der Waals surface area contributed by atoms with Crippen LogP contribution in [0.3, 0.4) is 0 Å². The maximum Gasteiger partial charge on any atom is 0.322 e. The fourth-order valence-electron chi connectivity index (χ4n) is 5.10. The highest BCUT2D eigenvalue weighted by Gasteiger charge is 2.26. The van der Waals surface area contributed by atoms with Gasteiger partial charge in [-0.25, -0.2) is 4.79 Å². The van der Waals surface area contributed by atoms with Gasteiger partial charge in [-0.3, -0.25) is 4.68 Å². The first-order valence-corrected chi connectivity index (χ1v) is 11.9. The summed E-state index contributed by atoms with van der Waals surface area (Å²) in [6.07, 6.45) is 8.75. The third-order valence-corrected chi connectivity index (χ3v) is 6.75. The normalized spacial score (nSPS) is 14.5. The summed E-state index contributed by atoms with van der Waals surface area (Å²) in [6.45, 7) is 5.26. The van der Waals surface area contributed by atoms with Crippen molar-refractivity contribution in [1.29, 1.82) is 0 Å². The van der Waals surface area contributed by atoms with Gasteiger partial charge in [0.1, 0.15) is 0 Å². The summed E-state index contributed by atoms with van der Waals surface area (Å²) in [6, 6.07) is 14.9. The molecule has 5 nitrogen and oxygen atoms in total. The largest absolute Gasteiger partial charge is 0.322 e. The quantitative estimate of drug-likeness (QED) is 0.549. The molecule has 0 fully saturated rings. The number of anilines is 1. The second kappa shape index (κ2) is 8.81. The van der Waals surface area contributed by atoms with E-state index < -0.39 is 0 Å². The molecule has 2 aliphatic carbocycles. The minimum Gasteiger partial charge on any atom is -0.314 e. The first-order chi connectivity index (χ1) is 15.6. The van der Waals surface area contributed by atoms with Gasteiger partial charge in [-0.1, -0.05) is 36.4 Å². The molecule has 0 saturated heterocycles. The van der Waals surface area contributed by atoms with Crippen LogP contribution in [-0.2, 0) is 38.8 Å². The number of aromatic nitrogens is 2. The van der Waals surface area contributed by atoms with E-state index in [1.54, 1.807) is 0 Å². The van der Waals surface area contributed by atoms with Crippen molar-refractivity contribution in [2.45, 2.75) is 71.5 Å². The molecule has 0 atom stereocenters. The molecule has 0 unspecified atom stereocenters. The smallest absolute Gasteiger partial charge is 0.314 e. The van der Waals surface area contributed by atoms with Crippen LogP contribution in [0.4, 0.5) is 10.5 Å². The van der Waals surface area contributed by atoms with Crippen LogP contribution in [-0.4, -0.2) is 20.7 Å². The first kappa shape index (κ1) is 20.8. The van der Waals surface area contributed by atoms with E-state index in [1.165, 1.54) is 35.1 Å². The Morgan fingerprint density at radius 2 is 1.69 bits per heavy atom. The standard InChI is InChI=1S/C27H32N4O/c1-19(2)31-15-14-23(29-31)18-30(17-20-8-4-3-5-9-20)27(32)28-26-24-12-6-10-21(24)16-22-11-7-13-25(22)26/h3-5,8-9,14-16,19H,6-7,10-13,17-18H2,1-2H3,(H,28,32). The topological polar surface area (TPSA) is 50.2 Å². The average molecular weight is 429 g/mol. The van der Waals surface area contributed by atoms with E-state index in [1.807, 2.05) is 40.0 Å². The SMILES string of the molecule is CC(C)n1ccc(CN(Cc2ccccc2)C(=O)Nc2c3c(cc4c2CCC4)CCC3)n1. The van der Waals surface area contributed by atoms with Crippen LogP contribution in [0.1, 0.15) is 66.2 Å². The highest BCUT2D eigenvalue weighted by molar-refractivity contribution is 5.92. The van der Waals surface area contributed by atoms with Gasteiger partial charge in [0.05, 0.1) is 12.2 Å². The molecule has 0 aliphatic heterocycles. The summed E-state index contributed by atoms with van der Waals surface area (Å²) < 4.78 is 1.95. The number of nitrogens with one attached hydrogen (secondary N) is 1. The second-order valence-electron chi connectivity index (χ2n) is 9.39. The van der Waals surface area contributed by atoms with E-state index in [0.717, 1.165) is 42.6 Å². The lowest BCUT2D eigenvalue weighted by molar-refractivity contribution is 0.205. The van der Waals surface area contributed by atoms with Crippen molar-refractivity contribution < 1.29 is 4.79 Å². The predicted molar refractivity (Wildman–Crippen MR) is 128 cm³/mol. The summed E-state index contributed by atoms with van der Waals surface area (Å²) >= 11 is 0. The Hall–Kier alpha value is -3.08. The van der Waals surface area contributed by atoms with Crippen molar-refractivity contribution in [2.24, 2.45) is 0 Å². The summed E-state index contributed by atoms with van der Waals surface area (Å²) in [4.78, 5) is 15.5. The van der Waals surface area contributed by atoms with E-state index in [4.69, 9.17) is 5.10 Å². The number of carbonyl (C=O) groups excluding carboxylic acids is 1. The second-order valence-corrected chi connectivity index (χ2v) is 9.39. The van der Waals surface area contributed by atoms with Gasteiger partial charge in [0.2, 0.25) is 0 Å². The first-order valence-electron chi connectivity index (χ1n) is 11.9. The highest BCUT2D eigenvalue weighted by Crippen LogP contribution is 2.38. The van der Waals surface area contributed by atoms with E-state index in [-0.39, 0.29) is 6.03 Å². The lowest BCUT2D eigenvalue weighted by atomic mass is 9.99. The number of urea groups is 1. The van der Waals surface area contributed by atoms with Gasteiger partial charge in [0, 0.05) is 24.5 Å². The van der Waals surface area contributed by atoms with E-state index in [9.17, 15) is 4.79 Å². The molecule has 32 heavy (non-hydrogen) atoms. The van der Waals surface area contributed by atoms with Crippen molar-refractivity contribution in [3.63, 3.8) is 0 Å². The zero-order chi connectivity index (χ0) is 22.1. The average Bonchev–Trinajstić information content (AvgIpc) is 3.54. The Kier molecular flexibility index (Phi) is 5.73. The monoisotopic (exact) mass is 428 g/mol. The van der Waals surface area contributed by atoms with Crippen LogP contribution < -0.4 is 5.32 Å². The summed E-state index contributed by atoms with van der Waals surface area (Å²) in [7, 11) is 0. The van der Waals surface area contributed by atoms with Crippen LogP contribution in [0.2, 0.25) is 0 Å². The Bertz CT molecular complexity index is 1080. The molecule has 5 rings (SSSR count). The van der Waals surface area contributed by atoms with Crippen molar-refractivity contribution in [2.75, 3.05) is 5.32 Å². The summed E-state index contributed by atoms with van der Waals surface area (Å²) in [5, 5.41) is 8.06. The van der Waals surface area contributed by atoms with Crippen LogP contribution in [0.25, 0.3) is 0 Å². The van der Waals surface area contributed by atoms with E-state index in [2.05, 4.69) is 37.4 Å². The van der Waals surface area contributed by atoms with Crippen molar-refractivity contribution in [3.8, 4) is 0 Å². The van der Waals surface area contributed by atoms with Crippen LogP contribution in [0, 0.1) is 0 Å². The molecule has 0 bridgehead atoms. The fraction of sp³-hybridized carbons (Fsp3) is 0.407. The van der Waals surface area contributed by atoms with Gasteiger partial charge in [-0.15, -0.1) is 0 Å². The van der Waals surface area contributed by atoms with Gasteiger partial charge in [0.25, 0.3) is 0 Å². The Balaban J connectivity index is 1.43. The van der Waals surface area contributed by atoms with E-state index >= 15 is 0 Å². The minimum atomic E-state index is -0.0395. The van der Waals surface area contributed by atoms with Gasteiger partial charge >= 0.3 is 6.03 Å². The number of nitrogens with zero attached hydrogens (tertiary/aromatic N) is 3. The number of benzene rings is 2. The fourth-order valence-corrected chi connectivity index (χ4v) is 5.10. The number of hydrogen-bond acceptors (Lipinski definition) is 2. The van der Waals surface area contributed by atoms with Crippen molar-refractivity contribution >= 4 is 11.7 Å².